The zero-order valence-electron chi connectivity index (χ0n) is 6.61. The minimum Gasteiger partial charge on any atom is -0.483 e. The maximum absolute atomic E-state index is 9.37. The van der Waals surface area contributed by atoms with Crippen molar-refractivity contribution in [1.82, 2.24) is 0 Å². The molecule has 0 aromatic carbocycles. The molecule has 0 radical (unpaired) electrons. The molecular formula is C4H10O8S. The van der Waals surface area contributed by atoms with E-state index in [1.165, 1.54) is 0 Å². The van der Waals surface area contributed by atoms with Gasteiger partial charge in [-0.25, -0.2) is 0 Å². The second kappa shape index (κ2) is 10.8. The minimum absolute atomic E-state index is 0.222. The fraction of sp³-hybridized carbons (Fsp3) is 0.500. The monoisotopic (exact) mass is 218 g/mol. The molecule has 0 aromatic rings. The summed E-state index contributed by atoms with van der Waals surface area (Å²) >= 11 is 0. The molecule has 9 heteroatoms. The van der Waals surface area contributed by atoms with E-state index in [4.69, 9.17) is 32.5 Å². The summed E-state index contributed by atoms with van der Waals surface area (Å²) in [5, 5.41) is 14.6. The average Bonchev–Trinajstić information content (AvgIpc) is 1.85. The van der Waals surface area contributed by atoms with Gasteiger partial charge in [0.1, 0.15) is 0 Å². The molecule has 0 rings (SSSR count). The first-order valence-corrected chi connectivity index (χ1v) is 4.08. The van der Waals surface area contributed by atoms with Crippen LogP contribution in [0.2, 0.25) is 0 Å². The molecule has 4 N–H and O–H groups in total. The highest BCUT2D eigenvalue weighted by Crippen LogP contribution is 1.67. The van der Waals surface area contributed by atoms with E-state index in [1.807, 2.05) is 0 Å². The molecule has 0 fully saturated rings. The molecule has 0 unspecified atom stereocenters. The van der Waals surface area contributed by atoms with Crippen LogP contribution in [0.4, 0.5) is 0 Å². The molecule has 13 heavy (non-hydrogen) atoms. The maximum atomic E-state index is 9.37. The van der Waals surface area contributed by atoms with Crippen LogP contribution >= 0.6 is 0 Å². The Balaban J connectivity index is -0.000000120. The van der Waals surface area contributed by atoms with Gasteiger partial charge in [0.05, 0.1) is 0 Å². The quantitative estimate of drug-likeness (QED) is 0.340. The van der Waals surface area contributed by atoms with Crippen molar-refractivity contribution in [3.05, 3.63) is 0 Å². The van der Waals surface area contributed by atoms with E-state index in [0.29, 0.717) is 0 Å². The van der Waals surface area contributed by atoms with Crippen molar-refractivity contribution in [1.29, 1.82) is 0 Å². The summed E-state index contributed by atoms with van der Waals surface area (Å²) in [5.41, 5.74) is 0. The first-order valence-electron chi connectivity index (χ1n) is 2.68. The molecule has 0 saturated heterocycles. The highest BCUT2D eigenvalue weighted by Gasteiger charge is 1.84. The Morgan fingerprint density at radius 2 is 1.46 bits per heavy atom. The lowest BCUT2D eigenvalue weighted by atomic mass is 10.5. The Hall–Kier alpha value is -1.19. The molecule has 0 bridgehead atoms. The molecule has 0 aliphatic carbocycles. The molecule has 80 valence electrons. The van der Waals surface area contributed by atoms with Crippen LogP contribution in [0.25, 0.3) is 0 Å². The van der Waals surface area contributed by atoms with Crippen LogP contribution in [0.1, 0.15) is 13.3 Å². The summed E-state index contributed by atoms with van der Waals surface area (Å²) in [5.74, 6) is -0.745. The van der Waals surface area contributed by atoms with Crippen LogP contribution in [0.5, 0.6) is 0 Å². The fourth-order valence-electron chi connectivity index (χ4n) is 0. The average molecular weight is 218 g/mol. The molecule has 0 aliphatic rings. The van der Waals surface area contributed by atoms with E-state index in [9.17, 15) is 4.79 Å². The Morgan fingerprint density at radius 1 is 1.38 bits per heavy atom. The first kappa shape index (κ1) is 17.8. The summed E-state index contributed by atoms with van der Waals surface area (Å²) in [6, 6.07) is 0. The Labute approximate surface area is 74.4 Å². The third kappa shape index (κ3) is 1280. The van der Waals surface area contributed by atoms with Crippen molar-refractivity contribution in [3.63, 3.8) is 0 Å². The molecule has 0 aliphatic heterocycles. The zero-order valence-corrected chi connectivity index (χ0v) is 7.43. The van der Waals surface area contributed by atoms with E-state index in [0.717, 1.165) is 0 Å². The van der Waals surface area contributed by atoms with Crippen LogP contribution in [0.15, 0.2) is 0 Å². The van der Waals surface area contributed by atoms with Crippen LogP contribution in [0, 0.1) is 0 Å². The second-order valence-electron chi connectivity index (χ2n) is 1.30. The van der Waals surface area contributed by atoms with Gasteiger partial charge in [0, 0.05) is 6.42 Å². The van der Waals surface area contributed by atoms with Gasteiger partial charge in [-0.1, -0.05) is 6.92 Å². The largest absolute Gasteiger partial charge is 0.483 e. The number of hydrogen-bond acceptors (Lipinski definition) is 4. The van der Waals surface area contributed by atoms with E-state index in [1.54, 1.807) is 6.92 Å². The van der Waals surface area contributed by atoms with Crippen molar-refractivity contribution in [2.75, 3.05) is 0 Å². The standard InChI is InChI=1S/C3H6O2.CH2O2.H2O4S/c1-2-3(4)5;2-1-3;1-5(2,3)4/h2H2,1H3,(H,4,5);1H,(H,2,3);(H2,1,2,3,4). The smallest absolute Gasteiger partial charge is 0.394 e. The topological polar surface area (TPSA) is 149 Å². The van der Waals surface area contributed by atoms with Gasteiger partial charge in [-0.2, -0.15) is 8.42 Å². The van der Waals surface area contributed by atoms with Crippen LogP contribution in [0.3, 0.4) is 0 Å². The number of rotatable bonds is 1. The molecule has 0 aromatic heterocycles. The van der Waals surface area contributed by atoms with Gasteiger partial charge in [-0.3, -0.25) is 18.7 Å². The predicted molar refractivity (Wildman–Crippen MR) is 40.8 cm³/mol. The fourth-order valence-corrected chi connectivity index (χ4v) is 0. The van der Waals surface area contributed by atoms with Crippen LogP contribution in [-0.2, 0) is 20.0 Å². The van der Waals surface area contributed by atoms with Crippen molar-refractivity contribution in [2.24, 2.45) is 0 Å². The lowest BCUT2D eigenvalue weighted by Gasteiger charge is -1.71. The van der Waals surface area contributed by atoms with Crippen molar-refractivity contribution in [3.8, 4) is 0 Å². The maximum Gasteiger partial charge on any atom is 0.394 e. The van der Waals surface area contributed by atoms with E-state index in [-0.39, 0.29) is 12.9 Å². The third-order valence-electron chi connectivity index (χ3n) is 0.302. The molecule has 0 atom stereocenters. The number of carbonyl (C=O) groups is 2. The highest BCUT2D eigenvalue weighted by atomic mass is 32.3. The van der Waals surface area contributed by atoms with Gasteiger partial charge in [-0.05, 0) is 0 Å². The molecule has 0 saturated carbocycles. The van der Waals surface area contributed by atoms with Crippen molar-refractivity contribution >= 4 is 22.8 Å². The summed E-state index contributed by atoms with van der Waals surface area (Å²) < 4.78 is 31.6. The second-order valence-corrected chi connectivity index (χ2v) is 2.20. The van der Waals surface area contributed by atoms with Crippen LogP contribution < -0.4 is 0 Å². The highest BCUT2D eigenvalue weighted by molar-refractivity contribution is 7.79. The zero-order chi connectivity index (χ0) is 11.5. The van der Waals surface area contributed by atoms with Gasteiger partial charge in [0.2, 0.25) is 0 Å². The van der Waals surface area contributed by atoms with Gasteiger partial charge in [-0.15, -0.1) is 0 Å². The number of hydrogen-bond donors (Lipinski definition) is 4. The minimum atomic E-state index is -4.67. The lowest BCUT2D eigenvalue weighted by molar-refractivity contribution is -0.136. The molecular weight excluding hydrogens is 208 g/mol. The van der Waals surface area contributed by atoms with Gasteiger partial charge < -0.3 is 10.2 Å². The molecule has 0 amide bonds. The Morgan fingerprint density at radius 3 is 1.46 bits per heavy atom. The summed E-state index contributed by atoms with van der Waals surface area (Å²) in [6.45, 7) is 1.35. The molecule has 0 heterocycles. The summed E-state index contributed by atoms with van der Waals surface area (Å²) in [4.78, 5) is 17.7. The third-order valence-corrected chi connectivity index (χ3v) is 0.302. The van der Waals surface area contributed by atoms with Crippen molar-refractivity contribution in [2.45, 2.75) is 13.3 Å². The number of aliphatic carboxylic acids is 1. The van der Waals surface area contributed by atoms with Gasteiger partial charge in [0.15, 0.2) is 0 Å². The normalized spacial score (nSPS) is 8.23. The number of carboxylic acid groups (broad SMARTS) is 2. The summed E-state index contributed by atoms with van der Waals surface area (Å²) in [6.07, 6.45) is 0.222. The lowest BCUT2D eigenvalue weighted by Crippen LogP contribution is -1.89. The number of carboxylic acids is 1. The SMILES string of the molecule is CCC(=O)O.O=CO.O=S(=O)(O)O. The molecule has 8 nitrogen and oxygen atoms in total. The predicted octanol–water partition coefficient (Wildman–Crippen LogP) is -0.471. The van der Waals surface area contributed by atoms with E-state index < -0.39 is 16.4 Å². The van der Waals surface area contributed by atoms with Gasteiger partial charge >= 0.3 is 16.4 Å². The first-order chi connectivity index (χ1) is 5.68. The van der Waals surface area contributed by atoms with Crippen LogP contribution in [-0.4, -0.2) is 40.2 Å². The van der Waals surface area contributed by atoms with Gasteiger partial charge in [0.25, 0.3) is 6.47 Å². The van der Waals surface area contributed by atoms with E-state index >= 15 is 0 Å². The summed E-state index contributed by atoms with van der Waals surface area (Å²) in [7, 11) is -4.67. The molecule has 0 spiro atoms. The Bertz CT molecular complexity index is 208. The Kier molecular flexibility index (Phi) is 14.8. The van der Waals surface area contributed by atoms with E-state index in [2.05, 4.69) is 0 Å². The van der Waals surface area contributed by atoms with Crippen molar-refractivity contribution < 1.29 is 37.3 Å².